The maximum atomic E-state index is 12.0. The largest absolute Gasteiger partial charge is 0.472 e. The second-order valence-corrected chi connectivity index (χ2v) is 11.7. The molecule has 3 fully saturated rings. The number of imidazole rings is 1. The van der Waals surface area contributed by atoms with E-state index in [0.29, 0.717) is 25.2 Å². The van der Waals surface area contributed by atoms with Crippen molar-refractivity contribution in [2.75, 3.05) is 39.3 Å². The van der Waals surface area contributed by atoms with Crippen LogP contribution >= 0.6 is 0 Å². The maximum Gasteiger partial charge on any atom is 0.320 e. The molecule has 0 spiro atoms. The van der Waals surface area contributed by atoms with E-state index >= 15 is 0 Å². The first-order chi connectivity index (χ1) is 18.7. The minimum Gasteiger partial charge on any atom is -0.472 e. The summed E-state index contributed by atoms with van der Waals surface area (Å²) >= 11 is 0. The van der Waals surface area contributed by atoms with Crippen molar-refractivity contribution in [3.8, 4) is 11.1 Å². The van der Waals surface area contributed by atoms with E-state index in [1.54, 1.807) is 12.5 Å². The highest BCUT2D eigenvalue weighted by molar-refractivity contribution is 5.82. The summed E-state index contributed by atoms with van der Waals surface area (Å²) in [6, 6.07) is 9.71. The number of piperazine rings is 1. The van der Waals surface area contributed by atoms with Crippen molar-refractivity contribution < 1.29 is 13.9 Å². The van der Waals surface area contributed by atoms with E-state index in [4.69, 9.17) is 14.1 Å². The molecule has 3 unspecified atom stereocenters. The highest BCUT2D eigenvalue weighted by Gasteiger charge is 2.38. The molecule has 1 aliphatic heterocycles. The topological polar surface area (TPSA) is 63.7 Å². The van der Waals surface area contributed by atoms with Crippen molar-refractivity contribution in [3.63, 3.8) is 0 Å². The molecule has 38 heavy (non-hydrogen) atoms. The first kappa shape index (κ1) is 25.6. The van der Waals surface area contributed by atoms with Gasteiger partial charge in [-0.25, -0.2) is 4.98 Å². The monoisotopic (exact) mass is 518 g/mol. The number of carbonyl (C=O) groups is 1. The van der Waals surface area contributed by atoms with Crippen molar-refractivity contribution in [1.29, 1.82) is 0 Å². The average Bonchev–Trinajstić information content (AvgIpc) is 3.64. The lowest BCUT2D eigenvalue weighted by atomic mass is 9.70. The molecule has 204 valence electrons. The molecule has 7 nitrogen and oxygen atoms in total. The Bertz CT molecular complexity index is 1190. The first-order valence-corrected chi connectivity index (χ1v) is 14.8. The standard InChI is InChI=1S/C31H42N4O3/c1-2-38-31(36)20-33-11-13-34(14-12-33)27-16-26(23-6-4-3-5-7-23)17-28(19-27)35-22-32-29-18-24(8-9-30(29)35)25-10-15-37-21-25/h8-10,15,18,21-23,26-28H,2-7,11-14,16-17,19-20H2,1H3. The van der Waals surface area contributed by atoms with Gasteiger partial charge in [0.15, 0.2) is 0 Å². The summed E-state index contributed by atoms with van der Waals surface area (Å²) in [4.78, 5) is 21.8. The molecule has 2 saturated carbocycles. The Hall–Kier alpha value is -2.64. The van der Waals surface area contributed by atoms with Gasteiger partial charge in [-0.3, -0.25) is 14.6 Å². The Morgan fingerprint density at radius 2 is 1.79 bits per heavy atom. The zero-order valence-corrected chi connectivity index (χ0v) is 22.8. The summed E-state index contributed by atoms with van der Waals surface area (Å²) in [5.41, 5.74) is 4.55. The highest BCUT2D eigenvalue weighted by Crippen LogP contribution is 2.44. The Morgan fingerprint density at radius 1 is 0.974 bits per heavy atom. The maximum absolute atomic E-state index is 12.0. The summed E-state index contributed by atoms with van der Waals surface area (Å²) in [5, 5.41) is 0. The van der Waals surface area contributed by atoms with E-state index in [9.17, 15) is 4.79 Å². The number of esters is 1. The Balaban J connectivity index is 1.20. The third-order valence-electron chi connectivity index (χ3n) is 9.41. The van der Waals surface area contributed by atoms with Gasteiger partial charge in [0.05, 0.1) is 43.0 Å². The molecule has 3 heterocycles. The summed E-state index contributed by atoms with van der Waals surface area (Å²) in [6.45, 7) is 6.71. The molecule has 3 aliphatic rings. The van der Waals surface area contributed by atoms with Gasteiger partial charge in [-0.2, -0.15) is 0 Å². The van der Waals surface area contributed by atoms with Gasteiger partial charge in [-0.05, 0) is 61.8 Å². The quantitative estimate of drug-likeness (QED) is 0.370. The number of aromatic nitrogens is 2. The Labute approximate surface area is 226 Å². The molecular weight excluding hydrogens is 476 g/mol. The molecule has 0 radical (unpaired) electrons. The second kappa shape index (κ2) is 11.6. The van der Waals surface area contributed by atoms with Gasteiger partial charge in [0.25, 0.3) is 0 Å². The molecule has 1 aromatic carbocycles. The summed E-state index contributed by atoms with van der Waals surface area (Å²) in [5.74, 6) is 1.54. The van der Waals surface area contributed by atoms with E-state index in [-0.39, 0.29) is 5.97 Å². The van der Waals surface area contributed by atoms with Gasteiger partial charge in [0, 0.05) is 43.8 Å². The van der Waals surface area contributed by atoms with E-state index in [1.165, 1.54) is 56.9 Å². The third-order valence-corrected chi connectivity index (χ3v) is 9.41. The van der Waals surface area contributed by atoms with Crippen LogP contribution in [0.5, 0.6) is 0 Å². The minimum atomic E-state index is -0.0982. The highest BCUT2D eigenvalue weighted by atomic mass is 16.5. The number of ether oxygens (including phenoxy) is 1. The number of hydrogen-bond donors (Lipinski definition) is 0. The number of hydrogen-bond acceptors (Lipinski definition) is 6. The molecular formula is C31H42N4O3. The van der Waals surface area contributed by atoms with Gasteiger partial charge < -0.3 is 13.7 Å². The molecule has 2 aliphatic carbocycles. The van der Waals surface area contributed by atoms with Crippen LogP contribution in [-0.4, -0.2) is 70.7 Å². The SMILES string of the molecule is CCOC(=O)CN1CCN(C2CC(C3CCCCC3)CC(n3cnc4cc(-c5ccoc5)ccc43)C2)CC1. The van der Waals surface area contributed by atoms with Gasteiger partial charge in [0.2, 0.25) is 0 Å². The summed E-state index contributed by atoms with van der Waals surface area (Å²) in [7, 11) is 0. The molecule has 0 amide bonds. The van der Waals surface area contributed by atoms with Crippen molar-refractivity contribution in [2.24, 2.45) is 11.8 Å². The van der Waals surface area contributed by atoms with Crippen LogP contribution < -0.4 is 0 Å². The van der Waals surface area contributed by atoms with Crippen LogP contribution in [-0.2, 0) is 9.53 Å². The number of fused-ring (bicyclic) bond motifs is 1. The van der Waals surface area contributed by atoms with Gasteiger partial charge >= 0.3 is 5.97 Å². The first-order valence-electron chi connectivity index (χ1n) is 14.8. The molecule has 0 bridgehead atoms. The second-order valence-electron chi connectivity index (χ2n) is 11.7. The van der Waals surface area contributed by atoms with Crippen molar-refractivity contribution in [3.05, 3.63) is 43.1 Å². The van der Waals surface area contributed by atoms with Crippen LogP contribution in [0.1, 0.15) is 64.3 Å². The van der Waals surface area contributed by atoms with Crippen LogP contribution in [0.4, 0.5) is 0 Å². The number of rotatable bonds is 7. The smallest absolute Gasteiger partial charge is 0.320 e. The van der Waals surface area contributed by atoms with Crippen LogP contribution in [0.15, 0.2) is 47.5 Å². The van der Waals surface area contributed by atoms with Gasteiger partial charge in [0.1, 0.15) is 0 Å². The molecule has 2 aromatic heterocycles. The van der Waals surface area contributed by atoms with Crippen LogP contribution in [0, 0.1) is 11.8 Å². The van der Waals surface area contributed by atoms with E-state index < -0.39 is 0 Å². The minimum absolute atomic E-state index is 0.0982. The molecule has 7 heteroatoms. The molecule has 1 saturated heterocycles. The van der Waals surface area contributed by atoms with E-state index in [0.717, 1.165) is 54.7 Å². The number of nitrogens with zero attached hydrogens (tertiary/aromatic N) is 4. The predicted molar refractivity (Wildman–Crippen MR) is 149 cm³/mol. The summed E-state index contributed by atoms with van der Waals surface area (Å²) in [6.07, 6.45) is 16.4. The van der Waals surface area contributed by atoms with Crippen LogP contribution in [0.25, 0.3) is 22.2 Å². The van der Waals surface area contributed by atoms with Crippen molar-refractivity contribution in [1.82, 2.24) is 19.4 Å². The molecule has 3 atom stereocenters. The predicted octanol–water partition coefficient (Wildman–Crippen LogP) is 5.77. The lowest BCUT2D eigenvalue weighted by molar-refractivity contribution is -0.145. The molecule has 0 N–H and O–H groups in total. The van der Waals surface area contributed by atoms with Crippen LogP contribution in [0.2, 0.25) is 0 Å². The fourth-order valence-corrected chi connectivity index (χ4v) is 7.42. The normalized spacial score (nSPS) is 26.1. The lowest BCUT2D eigenvalue weighted by Crippen LogP contribution is -2.53. The van der Waals surface area contributed by atoms with Gasteiger partial charge in [-0.1, -0.05) is 38.2 Å². The number of furan rings is 1. The number of benzene rings is 1. The Kier molecular flexibility index (Phi) is 7.84. The average molecular weight is 519 g/mol. The van der Waals surface area contributed by atoms with Crippen LogP contribution in [0.3, 0.4) is 0 Å². The summed E-state index contributed by atoms with van der Waals surface area (Å²) < 4.78 is 13.0. The Morgan fingerprint density at radius 3 is 2.55 bits per heavy atom. The zero-order chi connectivity index (χ0) is 25.9. The third kappa shape index (κ3) is 5.55. The molecule has 6 rings (SSSR count). The number of carbonyl (C=O) groups excluding carboxylic acids is 1. The van der Waals surface area contributed by atoms with Crippen molar-refractivity contribution >= 4 is 17.0 Å². The van der Waals surface area contributed by atoms with Gasteiger partial charge in [-0.15, -0.1) is 0 Å². The fraction of sp³-hybridized carbons (Fsp3) is 0.613. The van der Waals surface area contributed by atoms with Crippen molar-refractivity contribution in [2.45, 2.75) is 70.4 Å². The zero-order valence-electron chi connectivity index (χ0n) is 22.8. The van der Waals surface area contributed by atoms with E-state index in [1.807, 2.05) is 13.0 Å². The lowest BCUT2D eigenvalue weighted by Gasteiger charge is -2.46. The molecule has 3 aromatic rings. The van der Waals surface area contributed by atoms with E-state index in [2.05, 4.69) is 38.9 Å². The fourth-order valence-electron chi connectivity index (χ4n) is 7.42.